The number of carbonyl (C=O) groups excluding carboxylic acids is 1. The molecule has 2 aromatic carbocycles. The molecule has 1 amide bonds. The Labute approximate surface area is 151 Å². The molecule has 3 heteroatoms. The fourth-order valence-electron chi connectivity index (χ4n) is 2.80. The summed E-state index contributed by atoms with van der Waals surface area (Å²) in [6, 6.07) is 14.4. The van der Waals surface area contributed by atoms with Crippen molar-refractivity contribution in [2.75, 3.05) is 13.2 Å². The molecule has 0 bridgehead atoms. The van der Waals surface area contributed by atoms with Crippen LogP contribution < -0.4 is 10.1 Å². The summed E-state index contributed by atoms with van der Waals surface area (Å²) in [7, 11) is 0. The number of hydrogen-bond acceptors (Lipinski definition) is 2. The molecule has 0 unspecified atom stereocenters. The Bertz CT molecular complexity index is 694. The molecule has 0 atom stereocenters. The van der Waals surface area contributed by atoms with E-state index in [9.17, 15) is 4.79 Å². The Hall–Kier alpha value is -2.29. The number of amides is 1. The van der Waals surface area contributed by atoms with Crippen LogP contribution in [0.4, 0.5) is 0 Å². The van der Waals surface area contributed by atoms with Crippen molar-refractivity contribution in [2.45, 2.75) is 46.5 Å². The molecule has 3 nitrogen and oxygen atoms in total. The van der Waals surface area contributed by atoms with Crippen LogP contribution in [0, 0.1) is 13.8 Å². The van der Waals surface area contributed by atoms with Crippen molar-refractivity contribution >= 4 is 5.91 Å². The molecule has 1 N–H and O–H groups in total. The summed E-state index contributed by atoms with van der Waals surface area (Å²) in [6.07, 6.45) is 3.27. The van der Waals surface area contributed by atoms with E-state index in [4.69, 9.17) is 4.74 Å². The SMILES string of the molecule is CCCOc1ccccc1CCCNC(=O)Cc1cc(C)ccc1C. The van der Waals surface area contributed by atoms with E-state index in [-0.39, 0.29) is 5.91 Å². The van der Waals surface area contributed by atoms with Crippen LogP contribution in [-0.2, 0) is 17.6 Å². The maximum absolute atomic E-state index is 12.2. The van der Waals surface area contributed by atoms with Gasteiger partial charge in [0.1, 0.15) is 5.75 Å². The summed E-state index contributed by atoms with van der Waals surface area (Å²) in [6.45, 7) is 7.64. The van der Waals surface area contributed by atoms with Crippen LogP contribution in [0.25, 0.3) is 0 Å². The van der Waals surface area contributed by atoms with Gasteiger partial charge in [0.25, 0.3) is 0 Å². The molecular formula is C22H29NO2. The Morgan fingerprint density at radius 3 is 2.68 bits per heavy atom. The molecule has 2 aromatic rings. The monoisotopic (exact) mass is 339 g/mol. The third-order valence-corrected chi connectivity index (χ3v) is 4.24. The summed E-state index contributed by atoms with van der Waals surface area (Å²) in [5, 5.41) is 3.03. The van der Waals surface area contributed by atoms with Crippen LogP contribution in [0.1, 0.15) is 42.0 Å². The average molecular weight is 339 g/mol. The van der Waals surface area contributed by atoms with E-state index in [1.807, 2.05) is 18.2 Å². The summed E-state index contributed by atoms with van der Waals surface area (Å²) in [5.41, 5.74) is 4.68. The Morgan fingerprint density at radius 2 is 1.88 bits per heavy atom. The maximum atomic E-state index is 12.2. The van der Waals surface area contributed by atoms with Crippen LogP contribution in [0.15, 0.2) is 42.5 Å². The van der Waals surface area contributed by atoms with Crippen molar-refractivity contribution in [3.63, 3.8) is 0 Å². The summed E-state index contributed by atoms with van der Waals surface area (Å²) < 4.78 is 5.78. The highest BCUT2D eigenvalue weighted by Crippen LogP contribution is 2.19. The predicted molar refractivity (Wildman–Crippen MR) is 103 cm³/mol. The predicted octanol–water partition coefficient (Wildman–Crippen LogP) is 4.38. The minimum Gasteiger partial charge on any atom is -0.493 e. The number of benzene rings is 2. The van der Waals surface area contributed by atoms with Gasteiger partial charge in [0.15, 0.2) is 0 Å². The quantitative estimate of drug-likeness (QED) is 0.688. The normalized spacial score (nSPS) is 10.5. The number of ether oxygens (including phenoxy) is 1. The molecule has 0 aliphatic rings. The maximum Gasteiger partial charge on any atom is 0.224 e. The topological polar surface area (TPSA) is 38.3 Å². The zero-order chi connectivity index (χ0) is 18.1. The smallest absolute Gasteiger partial charge is 0.224 e. The fourth-order valence-corrected chi connectivity index (χ4v) is 2.80. The molecule has 0 aliphatic heterocycles. The van der Waals surface area contributed by atoms with Gasteiger partial charge in [-0.25, -0.2) is 0 Å². The van der Waals surface area contributed by atoms with Crippen LogP contribution in [-0.4, -0.2) is 19.1 Å². The summed E-state index contributed by atoms with van der Waals surface area (Å²) in [5.74, 6) is 1.05. The lowest BCUT2D eigenvalue weighted by molar-refractivity contribution is -0.120. The highest BCUT2D eigenvalue weighted by Gasteiger charge is 2.07. The lowest BCUT2D eigenvalue weighted by Gasteiger charge is -2.11. The van der Waals surface area contributed by atoms with Crippen LogP contribution in [0.3, 0.4) is 0 Å². The zero-order valence-corrected chi connectivity index (χ0v) is 15.6. The molecule has 2 rings (SSSR count). The molecule has 0 fully saturated rings. The average Bonchev–Trinajstić information content (AvgIpc) is 2.61. The van der Waals surface area contributed by atoms with Crippen molar-refractivity contribution in [1.29, 1.82) is 0 Å². The molecule has 0 heterocycles. The first-order chi connectivity index (χ1) is 12.1. The van der Waals surface area contributed by atoms with Gasteiger partial charge in [-0.2, -0.15) is 0 Å². The lowest BCUT2D eigenvalue weighted by atomic mass is 10.0. The van der Waals surface area contributed by atoms with E-state index < -0.39 is 0 Å². The van der Waals surface area contributed by atoms with Gasteiger partial charge in [0, 0.05) is 6.54 Å². The van der Waals surface area contributed by atoms with Gasteiger partial charge in [-0.05, 0) is 55.9 Å². The van der Waals surface area contributed by atoms with E-state index in [0.29, 0.717) is 13.0 Å². The van der Waals surface area contributed by atoms with Crippen molar-refractivity contribution < 1.29 is 9.53 Å². The van der Waals surface area contributed by atoms with Crippen molar-refractivity contribution in [2.24, 2.45) is 0 Å². The van der Waals surface area contributed by atoms with Gasteiger partial charge in [-0.15, -0.1) is 0 Å². The molecule has 0 radical (unpaired) electrons. The van der Waals surface area contributed by atoms with Gasteiger partial charge < -0.3 is 10.1 Å². The molecule has 0 aliphatic carbocycles. The number of hydrogen-bond donors (Lipinski definition) is 1. The van der Waals surface area contributed by atoms with Crippen molar-refractivity contribution in [3.8, 4) is 5.75 Å². The van der Waals surface area contributed by atoms with Crippen LogP contribution in [0.5, 0.6) is 5.75 Å². The second-order valence-corrected chi connectivity index (χ2v) is 6.52. The second kappa shape index (κ2) is 9.87. The highest BCUT2D eigenvalue weighted by molar-refractivity contribution is 5.78. The number of aryl methyl sites for hydroxylation is 3. The first-order valence-corrected chi connectivity index (χ1v) is 9.13. The van der Waals surface area contributed by atoms with Gasteiger partial charge in [-0.1, -0.05) is 48.9 Å². The minimum atomic E-state index is 0.0872. The van der Waals surface area contributed by atoms with Gasteiger partial charge >= 0.3 is 0 Å². The first-order valence-electron chi connectivity index (χ1n) is 9.13. The van der Waals surface area contributed by atoms with Crippen LogP contribution >= 0.6 is 0 Å². The van der Waals surface area contributed by atoms with E-state index in [2.05, 4.69) is 50.4 Å². The van der Waals surface area contributed by atoms with Crippen LogP contribution in [0.2, 0.25) is 0 Å². The fraction of sp³-hybridized carbons (Fsp3) is 0.409. The third kappa shape index (κ3) is 6.26. The molecular weight excluding hydrogens is 310 g/mol. The standard InChI is InChI=1S/C22H29NO2/c1-4-14-25-21-10-6-5-8-19(21)9-7-13-23-22(24)16-20-15-17(2)11-12-18(20)3/h5-6,8,10-12,15H,4,7,9,13-14,16H2,1-3H3,(H,23,24). The van der Waals surface area contributed by atoms with Gasteiger partial charge in [0.2, 0.25) is 5.91 Å². The Kier molecular flexibility index (Phi) is 7.52. The molecule has 0 saturated carbocycles. The number of nitrogens with one attached hydrogen (secondary N) is 1. The van der Waals surface area contributed by atoms with E-state index >= 15 is 0 Å². The summed E-state index contributed by atoms with van der Waals surface area (Å²) >= 11 is 0. The van der Waals surface area contributed by atoms with E-state index in [0.717, 1.165) is 37.2 Å². The number of para-hydroxylation sites is 1. The van der Waals surface area contributed by atoms with E-state index in [1.165, 1.54) is 16.7 Å². The Morgan fingerprint density at radius 1 is 1.08 bits per heavy atom. The van der Waals surface area contributed by atoms with Crippen molar-refractivity contribution in [3.05, 3.63) is 64.7 Å². The minimum absolute atomic E-state index is 0.0872. The number of carbonyl (C=O) groups is 1. The lowest BCUT2D eigenvalue weighted by Crippen LogP contribution is -2.26. The largest absolute Gasteiger partial charge is 0.493 e. The second-order valence-electron chi connectivity index (χ2n) is 6.52. The van der Waals surface area contributed by atoms with E-state index in [1.54, 1.807) is 0 Å². The Balaban J connectivity index is 1.77. The zero-order valence-electron chi connectivity index (χ0n) is 15.6. The van der Waals surface area contributed by atoms with Gasteiger partial charge in [0.05, 0.1) is 13.0 Å². The molecule has 0 aromatic heterocycles. The molecule has 25 heavy (non-hydrogen) atoms. The first kappa shape index (κ1) is 19.0. The summed E-state index contributed by atoms with van der Waals surface area (Å²) in [4.78, 5) is 12.2. The van der Waals surface area contributed by atoms with Crippen molar-refractivity contribution in [1.82, 2.24) is 5.32 Å². The highest BCUT2D eigenvalue weighted by atomic mass is 16.5. The number of rotatable bonds is 9. The molecule has 0 spiro atoms. The molecule has 0 saturated heterocycles. The van der Waals surface area contributed by atoms with Gasteiger partial charge in [-0.3, -0.25) is 4.79 Å². The molecule has 134 valence electrons. The third-order valence-electron chi connectivity index (χ3n) is 4.24.